The van der Waals surface area contributed by atoms with Crippen molar-refractivity contribution in [2.45, 2.75) is 6.54 Å². The van der Waals surface area contributed by atoms with Crippen molar-refractivity contribution in [1.29, 1.82) is 0 Å². The molecule has 0 spiro atoms. The minimum Gasteiger partial charge on any atom is -0.283 e. The number of hydrogen-bond acceptors (Lipinski definition) is 1. The Balaban J connectivity index is 2.59. The van der Waals surface area contributed by atoms with Gasteiger partial charge in [-0.05, 0) is 5.56 Å². The lowest BCUT2D eigenvalue weighted by molar-refractivity contribution is 0.331. The van der Waals surface area contributed by atoms with Crippen LogP contribution in [-0.2, 0) is 6.54 Å². The van der Waals surface area contributed by atoms with Gasteiger partial charge in [0.15, 0.2) is 0 Å². The second-order valence-corrected chi connectivity index (χ2v) is 4.47. The van der Waals surface area contributed by atoms with Crippen LogP contribution in [0.1, 0.15) is 5.56 Å². The highest BCUT2D eigenvalue weighted by molar-refractivity contribution is 9.11. The molecular weight excluding hydrogens is 250 g/mol. The summed E-state index contributed by atoms with van der Waals surface area (Å²) in [5.74, 6) is 2.66. The molecule has 0 radical (unpaired) electrons. The Bertz CT molecular complexity index is 351. The zero-order valence-electron chi connectivity index (χ0n) is 8.62. The van der Waals surface area contributed by atoms with Crippen LogP contribution in [0.15, 0.2) is 41.4 Å². The van der Waals surface area contributed by atoms with E-state index in [2.05, 4.69) is 45.5 Å². The number of halogens is 1. The predicted octanol–water partition coefficient (Wildman–Crippen LogP) is 3.03. The van der Waals surface area contributed by atoms with E-state index in [1.165, 1.54) is 5.56 Å². The van der Waals surface area contributed by atoms with E-state index in [4.69, 9.17) is 6.42 Å². The zero-order valence-corrected chi connectivity index (χ0v) is 10.2. The first kappa shape index (κ1) is 12.0. The molecule has 1 aromatic carbocycles. The monoisotopic (exact) mass is 263 g/mol. The Morgan fingerprint density at radius 1 is 1.40 bits per heavy atom. The molecule has 0 aliphatic rings. The van der Waals surface area contributed by atoms with Gasteiger partial charge in [0.2, 0.25) is 0 Å². The topological polar surface area (TPSA) is 3.24 Å². The molecule has 1 nitrogen and oxygen atoms in total. The van der Waals surface area contributed by atoms with Crippen LogP contribution in [-0.4, -0.2) is 18.0 Å². The third kappa shape index (κ3) is 4.83. The van der Waals surface area contributed by atoms with E-state index in [-0.39, 0.29) is 0 Å². The Morgan fingerprint density at radius 3 is 2.60 bits per heavy atom. The van der Waals surface area contributed by atoms with Crippen molar-refractivity contribution >= 4 is 15.9 Å². The summed E-state index contributed by atoms with van der Waals surface area (Å²) >= 11 is 3.35. The third-order valence-corrected chi connectivity index (χ3v) is 2.21. The van der Waals surface area contributed by atoms with Crippen LogP contribution in [0, 0.1) is 12.3 Å². The van der Waals surface area contributed by atoms with Crippen molar-refractivity contribution in [2.75, 3.05) is 13.1 Å². The van der Waals surface area contributed by atoms with Crippen LogP contribution in [0.25, 0.3) is 0 Å². The van der Waals surface area contributed by atoms with Crippen molar-refractivity contribution in [1.82, 2.24) is 4.90 Å². The van der Waals surface area contributed by atoms with Crippen LogP contribution in [0.5, 0.6) is 0 Å². The maximum atomic E-state index is 5.32. The van der Waals surface area contributed by atoms with Crippen LogP contribution in [0.3, 0.4) is 0 Å². The summed E-state index contributed by atoms with van der Waals surface area (Å²) in [6, 6.07) is 10.3. The molecule has 0 saturated heterocycles. The van der Waals surface area contributed by atoms with E-state index in [1.807, 2.05) is 18.2 Å². The predicted molar refractivity (Wildman–Crippen MR) is 68.6 cm³/mol. The molecule has 1 aromatic rings. The lowest BCUT2D eigenvalue weighted by atomic mass is 10.2. The van der Waals surface area contributed by atoms with E-state index in [9.17, 15) is 0 Å². The molecule has 78 valence electrons. The van der Waals surface area contributed by atoms with Crippen molar-refractivity contribution in [3.63, 3.8) is 0 Å². The van der Waals surface area contributed by atoms with Gasteiger partial charge < -0.3 is 0 Å². The molecule has 0 fully saturated rings. The fourth-order valence-electron chi connectivity index (χ4n) is 1.38. The Hall–Kier alpha value is -1.04. The largest absolute Gasteiger partial charge is 0.283 e. The number of rotatable bonds is 5. The summed E-state index contributed by atoms with van der Waals surface area (Å²) in [7, 11) is 0. The SMILES string of the molecule is C#CCN(CC(=C)Br)Cc1ccccc1. The molecule has 0 unspecified atom stereocenters. The maximum absolute atomic E-state index is 5.32. The molecule has 0 N–H and O–H groups in total. The lowest BCUT2D eigenvalue weighted by Crippen LogP contribution is -2.24. The molecule has 0 bridgehead atoms. The molecular formula is C13H14BrN. The maximum Gasteiger partial charge on any atom is 0.0605 e. The molecule has 0 amide bonds. The molecule has 0 aliphatic carbocycles. The molecule has 15 heavy (non-hydrogen) atoms. The van der Waals surface area contributed by atoms with E-state index in [1.54, 1.807) is 0 Å². The van der Waals surface area contributed by atoms with Gasteiger partial charge >= 0.3 is 0 Å². The number of benzene rings is 1. The molecule has 0 atom stereocenters. The van der Waals surface area contributed by atoms with Gasteiger partial charge in [-0.15, -0.1) is 6.42 Å². The van der Waals surface area contributed by atoms with Gasteiger partial charge in [0.05, 0.1) is 6.54 Å². The van der Waals surface area contributed by atoms with Crippen molar-refractivity contribution in [3.05, 3.63) is 47.0 Å². The first-order chi connectivity index (χ1) is 7.22. The highest BCUT2D eigenvalue weighted by Gasteiger charge is 2.04. The second kappa shape index (κ2) is 6.44. The average molecular weight is 264 g/mol. The van der Waals surface area contributed by atoms with Gasteiger partial charge in [-0.3, -0.25) is 4.90 Å². The quantitative estimate of drug-likeness (QED) is 0.739. The van der Waals surface area contributed by atoms with Crippen LogP contribution in [0.2, 0.25) is 0 Å². The van der Waals surface area contributed by atoms with E-state index < -0.39 is 0 Å². The molecule has 1 rings (SSSR count). The zero-order chi connectivity index (χ0) is 11.1. The molecule has 0 aliphatic heterocycles. The van der Waals surface area contributed by atoms with E-state index in [0.717, 1.165) is 17.6 Å². The molecule has 0 heterocycles. The fraction of sp³-hybridized carbons (Fsp3) is 0.231. The number of nitrogens with zero attached hydrogens (tertiary/aromatic N) is 1. The minimum atomic E-state index is 0.638. The highest BCUT2D eigenvalue weighted by Crippen LogP contribution is 2.08. The van der Waals surface area contributed by atoms with Crippen molar-refractivity contribution in [2.24, 2.45) is 0 Å². The van der Waals surface area contributed by atoms with Gasteiger partial charge in [0.25, 0.3) is 0 Å². The molecule has 0 saturated carbocycles. The smallest absolute Gasteiger partial charge is 0.0605 e. The van der Waals surface area contributed by atoms with Crippen LogP contribution in [0.4, 0.5) is 0 Å². The Morgan fingerprint density at radius 2 is 2.07 bits per heavy atom. The Kier molecular flexibility index (Phi) is 5.17. The summed E-state index contributed by atoms with van der Waals surface area (Å²) < 4.78 is 0.952. The lowest BCUT2D eigenvalue weighted by Gasteiger charge is -2.19. The van der Waals surface area contributed by atoms with Gasteiger partial charge in [0.1, 0.15) is 0 Å². The average Bonchev–Trinajstić information content (AvgIpc) is 2.18. The summed E-state index contributed by atoms with van der Waals surface area (Å²) in [5.41, 5.74) is 1.27. The van der Waals surface area contributed by atoms with E-state index in [0.29, 0.717) is 6.54 Å². The first-order valence-electron chi connectivity index (χ1n) is 4.75. The highest BCUT2D eigenvalue weighted by atomic mass is 79.9. The summed E-state index contributed by atoms with van der Waals surface area (Å²) in [6.07, 6.45) is 5.32. The summed E-state index contributed by atoms with van der Waals surface area (Å²) in [4.78, 5) is 2.16. The standard InChI is InChI=1S/C13H14BrN/c1-3-9-15(10-12(2)14)11-13-7-5-4-6-8-13/h1,4-8H,2,9-11H2. The van der Waals surface area contributed by atoms with Gasteiger partial charge in [0, 0.05) is 17.6 Å². The minimum absolute atomic E-state index is 0.638. The van der Waals surface area contributed by atoms with Crippen molar-refractivity contribution in [3.8, 4) is 12.3 Å². The fourth-order valence-corrected chi connectivity index (χ4v) is 1.74. The second-order valence-electron chi connectivity index (χ2n) is 3.35. The number of terminal acetylenes is 1. The first-order valence-corrected chi connectivity index (χ1v) is 5.54. The van der Waals surface area contributed by atoms with E-state index >= 15 is 0 Å². The molecule has 0 aromatic heterocycles. The van der Waals surface area contributed by atoms with Crippen LogP contribution < -0.4 is 0 Å². The van der Waals surface area contributed by atoms with Crippen molar-refractivity contribution < 1.29 is 0 Å². The normalized spacial score (nSPS) is 9.93. The third-order valence-electron chi connectivity index (χ3n) is 1.96. The van der Waals surface area contributed by atoms with Gasteiger partial charge in [-0.25, -0.2) is 0 Å². The Labute approximate surface area is 99.9 Å². The number of hydrogen-bond donors (Lipinski definition) is 0. The van der Waals surface area contributed by atoms with Crippen LogP contribution >= 0.6 is 15.9 Å². The van der Waals surface area contributed by atoms with Gasteiger partial charge in [-0.1, -0.05) is 58.8 Å². The van der Waals surface area contributed by atoms with Gasteiger partial charge in [-0.2, -0.15) is 0 Å². The molecule has 2 heteroatoms. The summed E-state index contributed by atoms with van der Waals surface area (Å²) in [5, 5.41) is 0. The summed E-state index contributed by atoms with van der Waals surface area (Å²) in [6.45, 7) is 6.10.